The van der Waals surface area contributed by atoms with Gasteiger partial charge in [-0.25, -0.2) is 0 Å². The first kappa shape index (κ1) is 19.1. The summed E-state index contributed by atoms with van der Waals surface area (Å²) in [5, 5.41) is 0.693. The van der Waals surface area contributed by atoms with Crippen molar-refractivity contribution in [3.63, 3.8) is 0 Å². The highest BCUT2D eigenvalue weighted by Gasteiger charge is 2.03. The minimum absolute atomic E-state index is 0.693. The fourth-order valence-electron chi connectivity index (χ4n) is 2.94. The van der Waals surface area contributed by atoms with Gasteiger partial charge in [0.1, 0.15) is 23.0 Å². The molecule has 29 heavy (non-hydrogen) atoms. The SMILES string of the molecule is Clc1ccc(Oc2cccc([CH]Cc3cccc(Oc4ccccc4)c3)c2)cc1. The summed E-state index contributed by atoms with van der Waals surface area (Å²) in [6, 6.07) is 33.3. The molecule has 3 heteroatoms. The molecule has 0 bridgehead atoms. The molecule has 0 saturated heterocycles. The van der Waals surface area contributed by atoms with Crippen LogP contribution in [-0.2, 0) is 6.42 Å². The van der Waals surface area contributed by atoms with Crippen molar-refractivity contribution < 1.29 is 9.47 Å². The zero-order valence-electron chi connectivity index (χ0n) is 15.8. The van der Waals surface area contributed by atoms with Gasteiger partial charge >= 0.3 is 0 Å². The zero-order valence-corrected chi connectivity index (χ0v) is 16.5. The first-order valence-corrected chi connectivity index (χ1v) is 9.81. The van der Waals surface area contributed by atoms with E-state index in [0.29, 0.717) is 5.02 Å². The van der Waals surface area contributed by atoms with Gasteiger partial charge in [0.25, 0.3) is 0 Å². The van der Waals surface area contributed by atoms with E-state index >= 15 is 0 Å². The van der Waals surface area contributed by atoms with Crippen LogP contribution in [0.5, 0.6) is 23.0 Å². The maximum Gasteiger partial charge on any atom is 0.127 e. The molecule has 0 N–H and O–H groups in total. The summed E-state index contributed by atoms with van der Waals surface area (Å²) in [5.41, 5.74) is 2.29. The number of hydrogen-bond donors (Lipinski definition) is 0. The summed E-state index contributed by atoms with van der Waals surface area (Å²) in [4.78, 5) is 0. The predicted molar refractivity (Wildman–Crippen MR) is 118 cm³/mol. The average Bonchev–Trinajstić information content (AvgIpc) is 2.75. The Morgan fingerprint density at radius 1 is 0.586 bits per heavy atom. The molecule has 0 heterocycles. The second kappa shape index (κ2) is 9.31. The van der Waals surface area contributed by atoms with Crippen molar-refractivity contribution in [3.8, 4) is 23.0 Å². The first-order chi connectivity index (χ1) is 14.2. The number of hydrogen-bond acceptors (Lipinski definition) is 2. The molecule has 1 radical (unpaired) electrons. The van der Waals surface area contributed by atoms with Crippen LogP contribution in [-0.4, -0.2) is 0 Å². The third-order valence-corrected chi connectivity index (χ3v) is 4.61. The van der Waals surface area contributed by atoms with Gasteiger partial charge in [-0.1, -0.05) is 54.1 Å². The Morgan fingerprint density at radius 3 is 1.97 bits per heavy atom. The van der Waals surface area contributed by atoms with Crippen LogP contribution in [0.1, 0.15) is 11.1 Å². The molecule has 2 nitrogen and oxygen atoms in total. The van der Waals surface area contributed by atoms with Gasteiger partial charge in [-0.2, -0.15) is 0 Å². The Labute approximate surface area is 176 Å². The minimum atomic E-state index is 0.693. The predicted octanol–water partition coefficient (Wildman–Crippen LogP) is 7.72. The van der Waals surface area contributed by atoms with Crippen LogP contribution in [0, 0.1) is 6.42 Å². The molecule has 0 atom stereocenters. The molecule has 0 fully saturated rings. The average molecular weight is 400 g/mol. The van der Waals surface area contributed by atoms with Crippen molar-refractivity contribution in [2.75, 3.05) is 0 Å². The highest BCUT2D eigenvalue weighted by molar-refractivity contribution is 6.30. The van der Waals surface area contributed by atoms with Gasteiger partial charge < -0.3 is 9.47 Å². The molecule has 0 aromatic heterocycles. The van der Waals surface area contributed by atoms with Crippen LogP contribution in [0.3, 0.4) is 0 Å². The second-order valence-corrected chi connectivity index (χ2v) is 7.04. The van der Waals surface area contributed by atoms with Gasteiger partial charge in [-0.3, -0.25) is 0 Å². The van der Waals surface area contributed by atoms with Crippen molar-refractivity contribution in [1.82, 2.24) is 0 Å². The van der Waals surface area contributed by atoms with Gasteiger partial charge in [-0.15, -0.1) is 0 Å². The van der Waals surface area contributed by atoms with Crippen molar-refractivity contribution in [3.05, 3.63) is 126 Å². The quantitative estimate of drug-likeness (QED) is 0.316. The van der Waals surface area contributed by atoms with E-state index in [1.807, 2.05) is 84.9 Å². The van der Waals surface area contributed by atoms with Gasteiger partial charge in [0.2, 0.25) is 0 Å². The maximum atomic E-state index is 5.93. The Kier molecular flexibility index (Phi) is 6.13. The van der Waals surface area contributed by atoms with Crippen LogP contribution < -0.4 is 9.47 Å². The highest BCUT2D eigenvalue weighted by Crippen LogP contribution is 2.26. The summed E-state index contributed by atoms with van der Waals surface area (Å²) < 4.78 is 11.8. The highest BCUT2D eigenvalue weighted by atomic mass is 35.5. The van der Waals surface area contributed by atoms with Crippen molar-refractivity contribution >= 4 is 11.6 Å². The van der Waals surface area contributed by atoms with E-state index in [4.69, 9.17) is 21.1 Å². The van der Waals surface area contributed by atoms with Crippen LogP contribution in [0.2, 0.25) is 5.02 Å². The fraction of sp³-hybridized carbons (Fsp3) is 0.0385. The first-order valence-electron chi connectivity index (χ1n) is 9.43. The van der Waals surface area contributed by atoms with Crippen LogP contribution in [0.4, 0.5) is 0 Å². The van der Waals surface area contributed by atoms with E-state index < -0.39 is 0 Å². The number of ether oxygens (including phenoxy) is 2. The lowest BCUT2D eigenvalue weighted by Crippen LogP contribution is -1.91. The third kappa shape index (κ3) is 5.63. The maximum absolute atomic E-state index is 5.93. The van der Waals surface area contributed by atoms with Crippen molar-refractivity contribution in [1.29, 1.82) is 0 Å². The van der Waals surface area contributed by atoms with Crippen LogP contribution >= 0.6 is 11.6 Å². The Hall–Kier alpha value is -3.23. The summed E-state index contributed by atoms with van der Waals surface area (Å²) in [6.45, 7) is 0. The molecule has 0 aliphatic heterocycles. The van der Waals surface area contributed by atoms with Gasteiger partial charge in [0, 0.05) is 5.02 Å². The van der Waals surface area contributed by atoms with E-state index in [9.17, 15) is 0 Å². The van der Waals surface area contributed by atoms with Crippen molar-refractivity contribution in [2.24, 2.45) is 0 Å². The summed E-state index contributed by atoms with van der Waals surface area (Å²) in [6.07, 6.45) is 2.98. The molecule has 143 valence electrons. The standard InChI is InChI=1S/C26H20ClO2/c27-22-14-16-24(17-15-22)29-26-11-5-7-21(19-26)13-12-20-6-4-10-25(18-20)28-23-8-2-1-3-9-23/h1-11,13-19H,12H2. The molecule has 0 unspecified atom stereocenters. The van der Waals surface area contributed by atoms with Gasteiger partial charge in [0.15, 0.2) is 0 Å². The monoisotopic (exact) mass is 399 g/mol. The van der Waals surface area contributed by atoms with Gasteiger partial charge in [0.05, 0.1) is 0 Å². The lowest BCUT2D eigenvalue weighted by molar-refractivity contribution is 0.481. The number of rotatable bonds is 7. The number of para-hydroxylation sites is 1. The third-order valence-electron chi connectivity index (χ3n) is 4.36. The Morgan fingerprint density at radius 2 is 1.21 bits per heavy atom. The molecular weight excluding hydrogens is 380 g/mol. The van der Waals surface area contributed by atoms with Crippen molar-refractivity contribution in [2.45, 2.75) is 6.42 Å². The number of halogens is 1. The summed E-state index contributed by atoms with van der Waals surface area (Å²) in [5.74, 6) is 3.22. The molecular formula is C26H20ClO2. The van der Waals surface area contributed by atoms with E-state index in [1.165, 1.54) is 5.56 Å². The van der Waals surface area contributed by atoms with Gasteiger partial charge in [-0.05, 0) is 84.6 Å². The largest absolute Gasteiger partial charge is 0.457 e. The topological polar surface area (TPSA) is 18.5 Å². The normalized spacial score (nSPS) is 10.5. The number of benzene rings is 4. The molecule has 0 spiro atoms. The Bertz CT molecular complexity index is 1060. The van der Waals surface area contributed by atoms with E-state index in [1.54, 1.807) is 0 Å². The van der Waals surface area contributed by atoms with E-state index in [-0.39, 0.29) is 0 Å². The smallest absolute Gasteiger partial charge is 0.127 e. The van der Waals surface area contributed by atoms with E-state index in [2.05, 4.69) is 24.6 Å². The van der Waals surface area contributed by atoms with Crippen LogP contribution in [0.25, 0.3) is 0 Å². The lowest BCUT2D eigenvalue weighted by Gasteiger charge is -2.09. The molecule has 4 aromatic carbocycles. The lowest BCUT2D eigenvalue weighted by atomic mass is 10.0. The van der Waals surface area contributed by atoms with Crippen LogP contribution in [0.15, 0.2) is 103 Å². The molecule has 0 amide bonds. The zero-order chi connectivity index (χ0) is 19.9. The second-order valence-electron chi connectivity index (χ2n) is 6.60. The molecule has 0 aliphatic carbocycles. The molecule has 4 rings (SSSR count). The molecule has 0 aliphatic rings. The fourth-order valence-corrected chi connectivity index (χ4v) is 3.07. The minimum Gasteiger partial charge on any atom is -0.457 e. The summed E-state index contributed by atoms with van der Waals surface area (Å²) in [7, 11) is 0. The molecule has 4 aromatic rings. The molecule has 0 saturated carbocycles. The summed E-state index contributed by atoms with van der Waals surface area (Å²) >= 11 is 5.93. The Balaban J connectivity index is 1.39. The van der Waals surface area contributed by atoms with E-state index in [0.717, 1.165) is 35.0 Å².